The number of unbranched alkanes of at least 4 members (excludes halogenated alkanes) is 1. The summed E-state index contributed by atoms with van der Waals surface area (Å²) in [5.74, 6) is 0.878. The van der Waals surface area contributed by atoms with Gasteiger partial charge in [0.2, 0.25) is 5.91 Å². The van der Waals surface area contributed by atoms with Gasteiger partial charge in [0.25, 0.3) is 0 Å². The first kappa shape index (κ1) is 31.6. The highest BCUT2D eigenvalue weighted by Crippen LogP contribution is 2.54. The largest absolute Gasteiger partial charge is 0.368 e. The summed E-state index contributed by atoms with van der Waals surface area (Å²) in [5, 5.41) is 14.7. The number of thiocyanates is 1. The molecule has 0 aliphatic carbocycles. The number of hydrogen-bond donors (Lipinski definition) is 1. The first-order chi connectivity index (χ1) is 16.9. The lowest BCUT2D eigenvalue weighted by Gasteiger charge is -2.62. The summed E-state index contributed by atoms with van der Waals surface area (Å²) < 4.78 is 0. The van der Waals surface area contributed by atoms with Crippen LogP contribution in [0.3, 0.4) is 0 Å². The highest BCUT2D eigenvalue weighted by Gasteiger charge is 2.54. The molecule has 1 atom stereocenters. The second-order valence-electron chi connectivity index (χ2n) is 14.4. The fraction of sp³-hybridized carbons (Fsp3) is 0.806. The highest BCUT2D eigenvalue weighted by atomic mass is 32.2. The molecule has 37 heavy (non-hydrogen) atoms. The first-order valence-electron chi connectivity index (χ1n) is 14.2. The van der Waals surface area contributed by atoms with Crippen LogP contribution in [-0.2, 0) is 4.79 Å². The minimum Gasteiger partial charge on any atom is -0.368 e. The van der Waals surface area contributed by atoms with Crippen LogP contribution in [0.15, 0.2) is 23.5 Å². The van der Waals surface area contributed by atoms with E-state index < -0.39 is 0 Å². The van der Waals surface area contributed by atoms with E-state index in [0.717, 1.165) is 56.4 Å². The molecule has 0 radical (unpaired) electrons. The normalized spacial score (nSPS) is 23.7. The van der Waals surface area contributed by atoms with Crippen molar-refractivity contribution in [2.75, 3.05) is 18.8 Å². The van der Waals surface area contributed by atoms with Crippen molar-refractivity contribution in [2.45, 2.75) is 131 Å². The Morgan fingerprint density at radius 1 is 1.11 bits per heavy atom. The van der Waals surface area contributed by atoms with Crippen molar-refractivity contribution in [3.63, 3.8) is 0 Å². The zero-order chi connectivity index (χ0) is 28.3. The van der Waals surface area contributed by atoms with Crippen molar-refractivity contribution in [3.8, 4) is 5.40 Å². The third-order valence-electron chi connectivity index (χ3n) is 7.95. The van der Waals surface area contributed by atoms with Crippen LogP contribution in [0.5, 0.6) is 0 Å². The van der Waals surface area contributed by atoms with Gasteiger partial charge in [-0.25, -0.2) is 0 Å². The molecule has 0 bridgehead atoms. The fourth-order valence-electron chi connectivity index (χ4n) is 6.17. The maximum atomic E-state index is 13.5. The Bertz CT molecular complexity index is 913. The molecule has 5 nitrogen and oxygen atoms in total. The predicted octanol–water partition coefficient (Wildman–Crippen LogP) is 7.46. The summed E-state index contributed by atoms with van der Waals surface area (Å²) >= 11 is 1.35. The van der Waals surface area contributed by atoms with Gasteiger partial charge in [-0.15, -0.1) is 0 Å². The Kier molecular flexibility index (Phi) is 9.94. The molecule has 0 aromatic rings. The Labute approximate surface area is 232 Å². The zero-order valence-corrected chi connectivity index (χ0v) is 26.5. The Hall–Kier alpha value is -1.61. The van der Waals surface area contributed by atoms with Gasteiger partial charge in [-0.2, -0.15) is 5.26 Å². The van der Waals surface area contributed by atoms with Crippen molar-refractivity contribution in [3.05, 3.63) is 23.5 Å². The van der Waals surface area contributed by atoms with Gasteiger partial charge < -0.3 is 15.1 Å². The first-order valence-corrected chi connectivity index (χ1v) is 15.2. The number of thioether (sulfide) groups is 1. The number of amides is 1. The molecule has 1 amide bonds. The number of carbonyl (C=O) groups is 1. The molecule has 0 spiro atoms. The van der Waals surface area contributed by atoms with Crippen LogP contribution in [0.25, 0.3) is 0 Å². The van der Waals surface area contributed by atoms with Crippen LogP contribution in [0.4, 0.5) is 0 Å². The van der Waals surface area contributed by atoms with Gasteiger partial charge in [0.05, 0.1) is 5.54 Å². The molecular weight excluding hydrogens is 476 g/mol. The number of nitrogens with one attached hydrogen (secondary N) is 1. The topological polar surface area (TPSA) is 59.4 Å². The number of nitrogens with zero attached hydrogens (tertiary/aromatic N) is 3. The van der Waals surface area contributed by atoms with E-state index in [1.165, 1.54) is 17.5 Å². The summed E-state index contributed by atoms with van der Waals surface area (Å²) in [4.78, 5) is 18.7. The molecule has 0 saturated heterocycles. The van der Waals surface area contributed by atoms with Crippen LogP contribution in [0.2, 0.25) is 0 Å². The van der Waals surface area contributed by atoms with E-state index in [0.29, 0.717) is 6.54 Å². The SMILES string of the molecule is CCCCNC(=O)C1=CN(C(C)(C)C)C(CCCSC#N)(C2=CC(C)(C)CCN2C(C)(C)C)CC1(C)C. The van der Waals surface area contributed by atoms with E-state index in [-0.39, 0.29) is 33.4 Å². The second-order valence-corrected chi connectivity index (χ2v) is 15.3. The van der Waals surface area contributed by atoms with E-state index in [1.54, 1.807) is 0 Å². The quantitative estimate of drug-likeness (QED) is 0.248. The molecular formula is C31H54N4OS. The van der Waals surface area contributed by atoms with E-state index in [9.17, 15) is 10.1 Å². The number of allylic oxidation sites excluding steroid dienone is 1. The average Bonchev–Trinajstić information content (AvgIpc) is 2.73. The molecule has 2 rings (SSSR count). The van der Waals surface area contributed by atoms with Crippen molar-refractivity contribution in [2.24, 2.45) is 10.8 Å². The summed E-state index contributed by atoms with van der Waals surface area (Å²) in [5.41, 5.74) is 1.57. The molecule has 0 aromatic carbocycles. The average molecular weight is 531 g/mol. The van der Waals surface area contributed by atoms with Crippen LogP contribution in [-0.4, -0.2) is 51.2 Å². The highest BCUT2D eigenvalue weighted by molar-refractivity contribution is 8.03. The predicted molar refractivity (Wildman–Crippen MR) is 159 cm³/mol. The molecule has 210 valence electrons. The molecule has 2 aliphatic heterocycles. The second kappa shape index (κ2) is 11.6. The molecule has 2 heterocycles. The minimum absolute atomic E-state index is 0.0219. The van der Waals surface area contributed by atoms with Gasteiger partial charge >= 0.3 is 0 Å². The van der Waals surface area contributed by atoms with E-state index in [1.807, 2.05) is 0 Å². The molecule has 1 unspecified atom stereocenters. The Balaban J connectivity index is 2.79. The molecule has 2 aliphatic rings. The lowest BCUT2D eigenvalue weighted by Crippen LogP contribution is -2.65. The third kappa shape index (κ3) is 7.49. The van der Waals surface area contributed by atoms with E-state index >= 15 is 0 Å². The van der Waals surface area contributed by atoms with Crippen LogP contribution < -0.4 is 5.32 Å². The summed E-state index contributed by atoms with van der Waals surface area (Å²) in [6.45, 7) is 26.8. The molecule has 1 N–H and O–H groups in total. The maximum absolute atomic E-state index is 13.5. The standard InChI is InChI=1S/C31H54N4OS/c1-12-13-17-33-26(36)24-21-35(28(5,6)7)31(22-30(24,10)11,15-14-19-37-23-32)25-20-29(8,9)16-18-34(25)27(2,3)4/h20-21H,12-19,22H2,1-11H3,(H,33,36). The lowest BCUT2D eigenvalue weighted by atomic mass is 9.64. The Morgan fingerprint density at radius 3 is 2.30 bits per heavy atom. The van der Waals surface area contributed by atoms with Crippen molar-refractivity contribution < 1.29 is 4.79 Å². The van der Waals surface area contributed by atoms with Crippen molar-refractivity contribution in [1.29, 1.82) is 5.26 Å². The fourth-order valence-corrected chi connectivity index (χ4v) is 6.55. The van der Waals surface area contributed by atoms with Gasteiger partial charge in [-0.05, 0) is 96.2 Å². The monoisotopic (exact) mass is 530 g/mol. The van der Waals surface area contributed by atoms with Crippen LogP contribution in [0, 0.1) is 21.5 Å². The summed E-state index contributed by atoms with van der Waals surface area (Å²) in [6, 6.07) is 0. The lowest BCUT2D eigenvalue weighted by molar-refractivity contribution is -0.119. The third-order valence-corrected chi connectivity index (χ3v) is 8.57. The van der Waals surface area contributed by atoms with Crippen LogP contribution >= 0.6 is 11.8 Å². The van der Waals surface area contributed by atoms with Gasteiger partial charge in [-0.1, -0.05) is 47.1 Å². The van der Waals surface area contributed by atoms with Crippen molar-refractivity contribution >= 4 is 17.7 Å². The summed E-state index contributed by atoms with van der Waals surface area (Å²) in [6.07, 6.45) is 10.7. The molecule has 0 fully saturated rings. The van der Waals surface area contributed by atoms with E-state index in [2.05, 4.69) is 109 Å². The van der Waals surface area contributed by atoms with Gasteiger partial charge in [-0.3, -0.25) is 4.79 Å². The smallest absolute Gasteiger partial charge is 0.249 e. The van der Waals surface area contributed by atoms with E-state index in [4.69, 9.17) is 0 Å². The number of carbonyl (C=O) groups excluding carboxylic acids is 1. The van der Waals surface area contributed by atoms with Crippen LogP contribution in [0.1, 0.15) is 115 Å². The number of hydrogen-bond acceptors (Lipinski definition) is 5. The zero-order valence-electron chi connectivity index (χ0n) is 25.7. The molecule has 0 saturated carbocycles. The summed E-state index contributed by atoms with van der Waals surface area (Å²) in [7, 11) is 0. The van der Waals surface area contributed by atoms with Crippen molar-refractivity contribution in [1.82, 2.24) is 15.1 Å². The maximum Gasteiger partial charge on any atom is 0.249 e. The Morgan fingerprint density at radius 2 is 1.76 bits per heavy atom. The van der Waals surface area contributed by atoms with Gasteiger partial charge in [0.1, 0.15) is 5.40 Å². The van der Waals surface area contributed by atoms with Gasteiger partial charge in [0, 0.05) is 47.4 Å². The molecule has 6 heteroatoms. The number of nitriles is 1. The van der Waals surface area contributed by atoms with Gasteiger partial charge in [0.15, 0.2) is 0 Å². The molecule has 0 aromatic heterocycles. The minimum atomic E-state index is -0.299. The number of rotatable bonds is 9.